The van der Waals surface area contributed by atoms with Crippen molar-refractivity contribution < 1.29 is 33.5 Å². The van der Waals surface area contributed by atoms with E-state index in [1.807, 2.05) is 6.92 Å². The first kappa shape index (κ1) is 21.2. The number of carbonyl (C=O) groups is 3. The van der Waals surface area contributed by atoms with Crippen LogP contribution in [-0.2, 0) is 14.3 Å². The maximum atomic E-state index is 12.2. The van der Waals surface area contributed by atoms with Crippen LogP contribution in [-0.4, -0.2) is 58.4 Å². The van der Waals surface area contributed by atoms with E-state index in [2.05, 4.69) is 15.4 Å². The topological polar surface area (TPSA) is 107 Å². The highest BCUT2D eigenvalue weighted by atomic mass is 16.5. The summed E-state index contributed by atoms with van der Waals surface area (Å²) in [6, 6.07) is 5.03. The molecule has 26 heavy (non-hydrogen) atoms. The number of hydrogen-bond acceptors (Lipinski definition) is 6. The van der Waals surface area contributed by atoms with Gasteiger partial charge in [0.2, 0.25) is 0 Å². The lowest BCUT2D eigenvalue weighted by molar-refractivity contribution is -0.881. The van der Waals surface area contributed by atoms with Crippen LogP contribution >= 0.6 is 0 Å². The minimum atomic E-state index is -0.789. The van der Waals surface area contributed by atoms with Crippen molar-refractivity contribution in [3.8, 4) is 11.5 Å². The number of hydrogen-bond donors (Lipinski definition) is 3. The predicted molar refractivity (Wildman–Crippen MR) is 94.6 cm³/mol. The normalized spacial score (nSPS) is 11.2. The van der Waals surface area contributed by atoms with Crippen LogP contribution in [0.2, 0.25) is 0 Å². The molecule has 0 saturated heterocycles. The molecule has 0 aliphatic carbocycles. The molecule has 3 N–H and O–H groups in total. The summed E-state index contributed by atoms with van der Waals surface area (Å²) in [6.07, 6.45) is -0.789. The van der Waals surface area contributed by atoms with Crippen LogP contribution < -0.4 is 25.0 Å². The number of imide groups is 1. The molecule has 0 spiro atoms. The fourth-order valence-electron chi connectivity index (χ4n) is 2.21. The Morgan fingerprint density at radius 3 is 2.23 bits per heavy atom. The highest BCUT2D eigenvalue weighted by molar-refractivity contribution is 5.93. The third kappa shape index (κ3) is 6.98. The Bertz CT molecular complexity index is 635. The van der Waals surface area contributed by atoms with Crippen molar-refractivity contribution >= 4 is 23.6 Å². The van der Waals surface area contributed by atoms with Gasteiger partial charge in [-0.3, -0.25) is 14.9 Å². The SMILES string of the molecule is CCOC(=O)NC(=O)C[NH+](CC)CC(=O)Nc1ccc(OC)c(OC)c1. The molecule has 0 aromatic heterocycles. The smallest absolute Gasteiger partial charge is 0.414 e. The van der Waals surface area contributed by atoms with E-state index >= 15 is 0 Å². The standard InChI is InChI=1S/C17H25N3O6/c1-5-20(11-16(22)19-17(23)26-6-2)10-15(21)18-12-7-8-13(24-3)14(9-12)25-4/h7-9H,5-6,10-11H2,1-4H3,(H,18,21)(H,19,22,23)/p+1. The monoisotopic (exact) mass is 368 g/mol. The summed E-state index contributed by atoms with van der Waals surface area (Å²) in [6.45, 7) is 4.26. The molecular weight excluding hydrogens is 342 g/mol. The van der Waals surface area contributed by atoms with Crippen LogP contribution in [0.5, 0.6) is 11.5 Å². The Morgan fingerprint density at radius 2 is 1.65 bits per heavy atom. The molecule has 9 heteroatoms. The summed E-state index contributed by atoms with van der Waals surface area (Å²) >= 11 is 0. The van der Waals surface area contributed by atoms with E-state index in [0.717, 1.165) is 0 Å². The summed E-state index contributed by atoms with van der Waals surface area (Å²) < 4.78 is 15.0. The Balaban J connectivity index is 2.59. The molecule has 0 radical (unpaired) electrons. The minimum absolute atomic E-state index is 0.0192. The summed E-state index contributed by atoms with van der Waals surface area (Å²) in [5.74, 6) is 0.290. The number of likely N-dealkylation sites (N-methyl/N-ethyl adjacent to an activating group) is 1. The molecule has 0 saturated carbocycles. The van der Waals surface area contributed by atoms with Gasteiger partial charge in [-0.05, 0) is 26.0 Å². The van der Waals surface area contributed by atoms with Gasteiger partial charge in [-0.1, -0.05) is 0 Å². The zero-order valence-corrected chi connectivity index (χ0v) is 15.5. The van der Waals surface area contributed by atoms with E-state index in [0.29, 0.717) is 28.6 Å². The molecule has 0 aliphatic rings. The fourth-order valence-corrected chi connectivity index (χ4v) is 2.21. The number of methoxy groups -OCH3 is 2. The van der Waals surface area contributed by atoms with Gasteiger partial charge < -0.3 is 24.4 Å². The Kier molecular flexibility index (Phi) is 8.93. The number of ether oxygens (including phenoxy) is 3. The van der Waals surface area contributed by atoms with Crippen molar-refractivity contribution in [3.63, 3.8) is 0 Å². The third-order valence-corrected chi connectivity index (χ3v) is 3.51. The molecule has 1 rings (SSSR count). The van der Waals surface area contributed by atoms with Crippen LogP contribution in [0.15, 0.2) is 18.2 Å². The molecule has 144 valence electrons. The van der Waals surface area contributed by atoms with Gasteiger partial charge in [0.25, 0.3) is 11.8 Å². The molecule has 9 nitrogen and oxygen atoms in total. The minimum Gasteiger partial charge on any atom is -0.493 e. The van der Waals surface area contributed by atoms with E-state index in [1.165, 1.54) is 14.2 Å². The van der Waals surface area contributed by atoms with Gasteiger partial charge in [-0.2, -0.15) is 0 Å². The molecular formula is C17H26N3O6+. The lowest BCUT2D eigenvalue weighted by atomic mass is 10.2. The lowest BCUT2D eigenvalue weighted by Gasteiger charge is -2.17. The number of carbonyl (C=O) groups excluding carboxylic acids is 3. The average Bonchev–Trinajstić information content (AvgIpc) is 2.60. The number of alkyl carbamates (subject to hydrolysis) is 1. The zero-order chi connectivity index (χ0) is 19.5. The van der Waals surface area contributed by atoms with Crippen LogP contribution in [0.3, 0.4) is 0 Å². The molecule has 0 bridgehead atoms. The summed E-state index contributed by atoms with van der Waals surface area (Å²) in [5, 5.41) is 4.86. The van der Waals surface area contributed by atoms with E-state index in [4.69, 9.17) is 9.47 Å². The second-order valence-electron chi connectivity index (χ2n) is 5.34. The van der Waals surface area contributed by atoms with Gasteiger partial charge in [-0.15, -0.1) is 0 Å². The number of nitrogens with one attached hydrogen (secondary N) is 3. The van der Waals surface area contributed by atoms with Gasteiger partial charge in [0.05, 0.1) is 27.4 Å². The Labute approximate surface area is 152 Å². The van der Waals surface area contributed by atoms with E-state index < -0.39 is 12.0 Å². The summed E-state index contributed by atoms with van der Waals surface area (Å²) in [7, 11) is 3.04. The Hall–Kier alpha value is -2.81. The number of quaternary nitrogens is 1. The second kappa shape index (κ2) is 10.9. The molecule has 0 fully saturated rings. The molecule has 1 atom stereocenters. The zero-order valence-electron chi connectivity index (χ0n) is 15.5. The van der Waals surface area contributed by atoms with Crippen LogP contribution in [0, 0.1) is 0 Å². The quantitative estimate of drug-likeness (QED) is 0.558. The first-order chi connectivity index (χ1) is 12.4. The fraction of sp³-hybridized carbons (Fsp3) is 0.471. The van der Waals surface area contributed by atoms with Crippen molar-refractivity contribution in [1.29, 1.82) is 0 Å². The van der Waals surface area contributed by atoms with Crippen molar-refractivity contribution in [1.82, 2.24) is 5.32 Å². The van der Waals surface area contributed by atoms with Crippen LogP contribution in [0.1, 0.15) is 13.8 Å². The van der Waals surface area contributed by atoms with Gasteiger partial charge in [0.1, 0.15) is 0 Å². The van der Waals surface area contributed by atoms with Crippen molar-refractivity contribution in [2.45, 2.75) is 13.8 Å². The third-order valence-electron chi connectivity index (χ3n) is 3.51. The molecule has 0 heterocycles. The number of rotatable bonds is 9. The van der Waals surface area contributed by atoms with E-state index in [-0.39, 0.29) is 25.6 Å². The molecule has 0 aliphatic heterocycles. The molecule has 3 amide bonds. The Morgan fingerprint density at radius 1 is 1.00 bits per heavy atom. The van der Waals surface area contributed by atoms with Crippen molar-refractivity contribution in [2.75, 3.05) is 45.8 Å². The van der Waals surface area contributed by atoms with E-state index in [1.54, 1.807) is 25.1 Å². The maximum absolute atomic E-state index is 12.2. The largest absolute Gasteiger partial charge is 0.493 e. The number of amides is 3. The van der Waals surface area contributed by atoms with Gasteiger partial charge in [-0.25, -0.2) is 4.79 Å². The van der Waals surface area contributed by atoms with Crippen LogP contribution in [0.4, 0.5) is 10.5 Å². The number of benzene rings is 1. The number of anilines is 1. The van der Waals surface area contributed by atoms with Crippen molar-refractivity contribution in [3.05, 3.63) is 18.2 Å². The highest BCUT2D eigenvalue weighted by Gasteiger charge is 2.19. The lowest BCUT2D eigenvalue weighted by Crippen LogP contribution is -3.14. The molecule has 1 unspecified atom stereocenters. The summed E-state index contributed by atoms with van der Waals surface area (Å²) in [4.78, 5) is 35.9. The van der Waals surface area contributed by atoms with E-state index in [9.17, 15) is 14.4 Å². The van der Waals surface area contributed by atoms with Gasteiger partial charge >= 0.3 is 6.09 Å². The first-order valence-electron chi connectivity index (χ1n) is 8.25. The predicted octanol–water partition coefficient (Wildman–Crippen LogP) is -0.180. The second-order valence-corrected chi connectivity index (χ2v) is 5.34. The average molecular weight is 368 g/mol. The van der Waals surface area contributed by atoms with Gasteiger partial charge in [0.15, 0.2) is 24.6 Å². The van der Waals surface area contributed by atoms with Crippen LogP contribution in [0.25, 0.3) is 0 Å². The molecule has 1 aromatic carbocycles. The maximum Gasteiger partial charge on any atom is 0.414 e. The van der Waals surface area contributed by atoms with Gasteiger partial charge in [0, 0.05) is 11.8 Å². The highest BCUT2D eigenvalue weighted by Crippen LogP contribution is 2.29. The molecule has 1 aromatic rings. The van der Waals surface area contributed by atoms with Crippen molar-refractivity contribution in [2.24, 2.45) is 0 Å². The summed E-state index contributed by atoms with van der Waals surface area (Å²) in [5.41, 5.74) is 0.555. The first-order valence-corrected chi connectivity index (χ1v) is 8.25.